The largest absolute Gasteiger partial charge is 0.465 e. The highest BCUT2D eigenvalue weighted by molar-refractivity contribution is 5.74. The highest BCUT2D eigenvalue weighted by Gasteiger charge is 2.22. The van der Waals surface area contributed by atoms with Crippen LogP contribution in [0.3, 0.4) is 0 Å². The molecule has 26 heavy (non-hydrogen) atoms. The fourth-order valence-corrected chi connectivity index (χ4v) is 2.64. The van der Waals surface area contributed by atoms with E-state index in [4.69, 9.17) is 9.47 Å². The molecule has 0 heterocycles. The van der Waals surface area contributed by atoms with Crippen LogP contribution in [-0.2, 0) is 25.5 Å². The average Bonchev–Trinajstić information content (AvgIpc) is 2.58. The van der Waals surface area contributed by atoms with Crippen LogP contribution >= 0.6 is 0 Å². The number of ether oxygens (including phenoxy) is 2. The van der Waals surface area contributed by atoms with Gasteiger partial charge in [-0.3, -0.25) is 9.59 Å². The molecule has 0 N–H and O–H groups in total. The van der Waals surface area contributed by atoms with Gasteiger partial charge in [-0.1, -0.05) is 65.3 Å². The molecular weight excluding hydrogens is 328 g/mol. The first-order valence-corrected chi connectivity index (χ1v) is 9.71. The predicted molar refractivity (Wildman–Crippen MR) is 104 cm³/mol. The molecule has 0 unspecified atom stereocenters. The van der Waals surface area contributed by atoms with Crippen molar-refractivity contribution in [1.82, 2.24) is 0 Å². The molecule has 1 aromatic rings. The minimum absolute atomic E-state index is 0.194. The van der Waals surface area contributed by atoms with Gasteiger partial charge in [-0.05, 0) is 29.4 Å². The van der Waals surface area contributed by atoms with Crippen LogP contribution < -0.4 is 0 Å². The van der Waals surface area contributed by atoms with E-state index in [0.29, 0.717) is 25.0 Å². The number of aryl methyl sites for hydroxylation is 1. The Kier molecular flexibility index (Phi) is 10.0. The molecule has 0 aliphatic heterocycles. The van der Waals surface area contributed by atoms with Crippen molar-refractivity contribution in [3.05, 3.63) is 35.4 Å². The van der Waals surface area contributed by atoms with E-state index in [2.05, 4.69) is 19.1 Å². The molecule has 0 aromatic heterocycles. The summed E-state index contributed by atoms with van der Waals surface area (Å²) in [6.07, 6.45) is 2.43. The van der Waals surface area contributed by atoms with E-state index in [-0.39, 0.29) is 30.7 Å². The third-order valence-electron chi connectivity index (χ3n) is 3.94. The summed E-state index contributed by atoms with van der Waals surface area (Å²) >= 11 is 0. The van der Waals surface area contributed by atoms with Crippen LogP contribution in [0.4, 0.5) is 0 Å². The second kappa shape index (κ2) is 11.7. The average molecular weight is 363 g/mol. The topological polar surface area (TPSA) is 52.6 Å². The smallest absolute Gasteiger partial charge is 0.306 e. The molecule has 0 saturated carbocycles. The van der Waals surface area contributed by atoms with Gasteiger partial charge in [-0.2, -0.15) is 0 Å². The van der Waals surface area contributed by atoms with Crippen LogP contribution in [0.15, 0.2) is 24.3 Å². The van der Waals surface area contributed by atoms with Crippen molar-refractivity contribution in [2.45, 2.75) is 66.2 Å². The summed E-state index contributed by atoms with van der Waals surface area (Å²) in [5.74, 6) is -0.156. The third-order valence-corrected chi connectivity index (χ3v) is 3.94. The lowest BCUT2D eigenvalue weighted by Gasteiger charge is -2.18. The molecule has 0 atom stereocenters. The van der Waals surface area contributed by atoms with Crippen LogP contribution in [0, 0.1) is 11.8 Å². The van der Waals surface area contributed by atoms with E-state index in [0.717, 1.165) is 18.4 Å². The Bertz CT molecular complexity index is 537. The molecule has 0 fully saturated rings. The van der Waals surface area contributed by atoms with Gasteiger partial charge in [0.2, 0.25) is 0 Å². The molecule has 4 heteroatoms. The van der Waals surface area contributed by atoms with Gasteiger partial charge in [0.1, 0.15) is 0 Å². The number of carbonyl (C=O) groups excluding carboxylic acids is 2. The molecule has 0 aliphatic rings. The maximum absolute atomic E-state index is 12.2. The molecule has 0 bridgehead atoms. The summed E-state index contributed by atoms with van der Waals surface area (Å²) < 4.78 is 10.6. The lowest BCUT2D eigenvalue weighted by molar-refractivity contribution is -0.147. The van der Waals surface area contributed by atoms with E-state index >= 15 is 0 Å². The minimum Gasteiger partial charge on any atom is -0.465 e. The Labute approximate surface area is 158 Å². The van der Waals surface area contributed by atoms with Crippen LogP contribution in [0.5, 0.6) is 0 Å². The van der Waals surface area contributed by atoms with Gasteiger partial charge in [0, 0.05) is 5.92 Å². The van der Waals surface area contributed by atoms with E-state index < -0.39 is 0 Å². The summed E-state index contributed by atoms with van der Waals surface area (Å²) in [4.78, 5) is 24.4. The number of carbonyl (C=O) groups is 2. The van der Waals surface area contributed by atoms with Crippen LogP contribution in [0.2, 0.25) is 0 Å². The highest BCUT2D eigenvalue weighted by Crippen LogP contribution is 2.26. The molecule has 0 spiro atoms. The van der Waals surface area contributed by atoms with Gasteiger partial charge in [-0.15, -0.1) is 0 Å². The zero-order valence-corrected chi connectivity index (χ0v) is 16.9. The molecule has 146 valence electrons. The Morgan fingerprint density at radius 2 is 1.46 bits per heavy atom. The van der Waals surface area contributed by atoms with Crippen LogP contribution in [-0.4, -0.2) is 25.2 Å². The summed E-state index contributed by atoms with van der Waals surface area (Å²) in [5, 5.41) is 0. The van der Waals surface area contributed by atoms with Gasteiger partial charge in [0.25, 0.3) is 0 Å². The maximum atomic E-state index is 12.2. The molecule has 0 saturated heterocycles. The summed E-state index contributed by atoms with van der Waals surface area (Å²) in [6, 6.07) is 8.15. The summed E-state index contributed by atoms with van der Waals surface area (Å²) in [7, 11) is 0. The number of benzene rings is 1. The summed E-state index contributed by atoms with van der Waals surface area (Å²) in [6.45, 7) is 10.9. The van der Waals surface area contributed by atoms with Crippen molar-refractivity contribution in [3.8, 4) is 0 Å². The van der Waals surface area contributed by atoms with Crippen LogP contribution in [0.1, 0.15) is 70.9 Å². The van der Waals surface area contributed by atoms with Crippen molar-refractivity contribution in [2.75, 3.05) is 13.2 Å². The van der Waals surface area contributed by atoms with Crippen molar-refractivity contribution in [2.24, 2.45) is 11.8 Å². The van der Waals surface area contributed by atoms with Crippen molar-refractivity contribution in [1.29, 1.82) is 0 Å². The second-order valence-electron chi connectivity index (χ2n) is 7.75. The molecule has 1 rings (SSSR count). The minimum atomic E-state index is -0.263. The fraction of sp³-hybridized carbons (Fsp3) is 0.636. The molecule has 0 radical (unpaired) electrons. The second-order valence-corrected chi connectivity index (χ2v) is 7.75. The Morgan fingerprint density at radius 1 is 0.923 bits per heavy atom. The van der Waals surface area contributed by atoms with Crippen molar-refractivity contribution >= 4 is 11.9 Å². The van der Waals surface area contributed by atoms with Gasteiger partial charge in [0.05, 0.1) is 26.1 Å². The number of hydrogen-bond donors (Lipinski definition) is 0. The number of hydrogen-bond acceptors (Lipinski definition) is 4. The lowest BCUT2D eigenvalue weighted by atomic mass is 9.90. The first kappa shape index (κ1) is 22.2. The van der Waals surface area contributed by atoms with Crippen molar-refractivity contribution in [3.63, 3.8) is 0 Å². The Balaban J connectivity index is 2.84. The third kappa shape index (κ3) is 9.02. The van der Waals surface area contributed by atoms with Crippen LogP contribution in [0.25, 0.3) is 0 Å². The SMILES string of the molecule is CCCc1cccc(C(CC(=O)OCC(C)C)CC(=O)OCC(C)C)c1. The van der Waals surface area contributed by atoms with E-state index in [1.54, 1.807) is 0 Å². The quantitative estimate of drug-likeness (QED) is 0.525. The zero-order valence-electron chi connectivity index (χ0n) is 16.9. The standard InChI is InChI=1S/C22H34O4/c1-6-8-18-9-7-10-19(11-18)20(12-21(23)25-14-16(2)3)13-22(24)26-15-17(4)5/h7,9-11,16-17,20H,6,8,12-15H2,1-5H3. The fourth-order valence-electron chi connectivity index (χ4n) is 2.64. The molecule has 0 amide bonds. The molecular formula is C22H34O4. The highest BCUT2D eigenvalue weighted by atomic mass is 16.5. The van der Waals surface area contributed by atoms with E-state index in [1.165, 1.54) is 5.56 Å². The first-order chi connectivity index (χ1) is 12.3. The lowest BCUT2D eigenvalue weighted by Crippen LogP contribution is -2.18. The van der Waals surface area contributed by atoms with Gasteiger partial charge >= 0.3 is 11.9 Å². The van der Waals surface area contributed by atoms with E-state index in [9.17, 15) is 9.59 Å². The monoisotopic (exact) mass is 362 g/mol. The Hall–Kier alpha value is -1.84. The molecule has 4 nitrogen and oxygen atoms in total. The summed E-state index contributed by atoms with van der Waals surface area (Å²) in [5.41, 5.74) is 2.22. The number of esters is 2. The maximum Gasteiger partial charge on any atom is 0.306 e. The predicted octanol–water partition coefficient (Wildman–Crippen LogP) is 4.90. The normalized spacial score (nSPS) is 11.2. The van der Waals surface area contributed by atoms with E-state index in [1.807, 2.05) is 39.8 Å². The molecule has 1 aromatic carbocycles. The number of rotatable bonds is 11. The zero-order chi connectivity index (χ0) is 19.5. The van der Waals surface area contributed by atoms with Crippen molar-refractivity contribution < 1.29 is 19.1 Å². The Morgan fingerprint density at radius 3 is 1.92 bits per heavy atom. The van der Waals surface area contributed by atoms with Gasteiger partial charge in [0.15, 0.2) is 0 Å². The first-order valence-electron chi connectivity index (χ1n) is 9.71. The molecule has 0 aliphatic carbocycles. The van der Waals surface area contributed by atoms with Gasteiger partial charge < -0.3 is 9.47 Å². The van der Waals surface area contributed by atoms with Gasteiger partial charge in [-0.25, -0.2) is 0 Å².